The average Bonchev–Trinajstić information content (AvgIpc) is 3.57. The van der Waals surface area contributed by atoms with E-state index in [1.165, 1.54) is 11.8 Å². The number of carbonyl (C=O) groups excluding carboxylic acids is 2. The van der Waals surface area contributed by atoms with Crippen molar-refractivity contribution in [1.82, 2.24) is 9.80 Å². The number of esters is 1. The van der Waals surface area contributed by atoms with E-state index in [0.29, 0.717) is 27.9 Å². The number of likely N-dealkylation sites (tertiary alicyclic amines) is 1. The van der Waals surface area contributed by atoms with Gasteiger partial charge in [-0.3, -0.25) is 9.79 Å². The SMILES string of the molecule is CC(C)C1=C(C(=O)N2CCCC2C(=O)OC(C)(C)C)SC2=N[C@@H](c3ccc(Cl)cc3)[C@@H](c3ccc(Cl)cc3)N21. The van der Waals surface area contributed by atoms with Gasteiger partial charge in [0.15, 0.2) is 5.17 Å². The zero-order chi connectivity index (χ0) is 28.1. The summed E-state index contributed by atoms with van der Waals surface area (Å²) in [6, 6.07) is 14.7. The molecule has 3 aliphatic heterocycles. The van der Waals surface area contributed by atoms with Crippen molar-refractivity contribution in [3.05, 3.63) is 80.3 Å². The van der Waals surface area contributed by atoms with Crippen LogP contribution in [0.5, 0.6) is 0 Å². The molecule has 2 aromatic rings. The van der Waals surface area contributed by atoms with Crippen molar-refractivity contribution in [2.45, 2.75) is 71.2 Å². The summed E-state index contributed by atoms with van der Waals surface area (Å²) < 4.78 is 5.66. The Bertz CT molecular complexity index is 1330. The molecule has 1 unspecified atom stereocenters. The van der Waals surface area contributed by atoms with Crippen LogP contribution in [0.25, 0.3) is 0 Å². The molecule has 0 saturated carbocycles. The summed E-state index contributed by atoms with van der Waals surface area (Å²) in [6.07, 6.45) is 1.37. The minimum Gasteiger partial charge on any atom is -0.458 e. The fourth-order valence-electron chi connectivity index (χ4n) is 5.45. The lowest BCUT2D eigenvalue weighted by atomic mass is 9.92. The summed E-state index contributed by atoms with van der Waals surface area (Å²) in [6.45, 7) is 10.3. The van der Waals surface area contributed by atoms with Gasteiger partial charge in [0, 0.05) is 22.3 Å². The van der Waals surface area contributed by atoms with Gasteiger partial charge in [0.1, 0.15) is 22.6 Å². The van der Waals surface area contributed by atoms with E-state index in [2.05, 4.69) is 18.7 Å². The largest absolute Gasteiger partial charge is 0.458 e. The molecule has 1 fully saturated rings. The van der Waals surface area contributed by atoms with E-state index in [0.717, 1.165) is 28.4 Å². The average molecular weight is 587 g/mol. The molecule has 5 rings (SSSR count). The smallest absolute Gasteiger partial charge is 0.329 e. The number of hydrogen-bond acceptors (Lipinski definition) is 6. The molecule has 0 aromatic heterocycles. The molecule has 3 atom stereocenters. The summed E-state index contributed by atoms with van der Waals surface area (Å²) in [5, 5.41) is 2.12. The Balaban J connectivity index is 1.53. The van der Waals surface area contributed by atoms with Crippen LogP contribution in [-0.2, 0) is 14.3 Å². The Morgan fingerprint density at radius 1 is 1.00 bits per heavy atom. The van der Waals surface area contributed by atoms with Crippen molar-refractivity contribution in [3.63, 3.8) is 0 Å². The topological polar surface area (TPSA) is 62.2 Å². The molecule has 39 heavy (non-hydrogen) atoms. The van der Waals surface area contributed by atoms with Gasteiger partial charge in [0.25, 0.3) is 5.91 Å². The standard InChI is InChI=1S/C30H33Cl2N3O3S/c1-17(2)24-26(27(36)34-16-6-7-22(34)28(37)38-30(3,4)5)39-29-33-23(18-8-12-20(31)13-9-18)25(35(24)29)19-10-14-21(32)15-11-19/h8-15,17,22-23,25H,6-7,16H2,1-5H3/t22?,23-,25+/m0/s1. The number of fused-ring (bicyclic) bond motifs is 1. The number of ether oxygens (including phenoxy) is 1. The zero-order valence-corrected chi connectivity index (χ0v) is 25.1. The maximum atomic E-state index is 14.1. The van der Waals surface area contributed by atoms with Crippen molar-refractivity contribution in [2.24, 2.45) is 10.9 Å². The highest BCUT2D eigenvalue weighted by Crippen LogP contribution is 2.53. The highest BCUT2D eigenvalue weighted by Gasteiger charge is 2.49. The van der Waals surface area contributed by atoms with Crippen LogP contribution in [0.15, 0.2) is 64.1 Å². The maximum absolute atomic E-state index is 14.1. The third-order valence-electron chi connectivity index (χ3n) is 7.08. The van der Waals surface area contributed by atoms with Crippen molar-refractivity contribution >= 4 is 52.0 Å². The highest BCUT2D eigenvalue weighted by molar-refractivity contribution is 8.18. The second-order valence-electron chi connectivity index (χ2n) is 11.4. The first-order chi connectivity index (χ1) is 18.4. The van der Waals surface area contributed by atoms with Crippen LogP contribution in [0.4, 0.5) is 0 Å². The summed E-state index contributed by atoms with van der Waals surface area (Å²) in [4.78, 5) is 36.8. The lowest BCUT2D eigenvalue weighted by Gasteiger charge is -2.32. The van der Waals surface area contributed by atoms with Gasteiger partial charge in [-0.25, -0.2) is 4.79 Å². The van der Waals surface area contributed by atoms with E-state index in [1.54, 1.807) is 4.90 Å². The Labute approximate surface area is 244 Å². The number of amides is 1. The molecular weight excluding hydrogens is 553 g/mol. The molecule has 206 valence electrons. The van der Waals surface area contributed by atoms with Gasteiger partial charge in [-0.05, 0) is 86.7 Å². The van der Waals surface area contributed by atoms with E-state index < -0.39 is 11.6 Å². The molecule has 9 heteroatoms. The highest BCUT2D eigenvalue weighted by atomic mass is 35.5. The second-order valence-corrected chi connectivity index (χ2v) is 13.3. The lowest BCUT2D eigenvalue weighted by molar-refractivity contribution is -0.162. The van der Waals surface area contributed by atoms with Crippen LogP contribution >= 0.6 is 35.0 Å². The first kappa shape index (κ1) is 28.1. The molecule has 0 bridgehead atoms. The minimum absolute atomic E-state index is 0.0468. The number of allylic oxidation sites excluding steroid dienone is 1. The molecule has 0 aliphatic carbocycles. The van der Waals surface area contributed by atoms with E-state index in [9.17, 15) is 9.59 Å². The van der Waals surface area contributed by atoms with Gasteiger partial charge in [-0.15, -0.1) is 0 Å². The molecule has 1 saturated heterocycles. The van der Waals surface area contributed by atoms with Gasteiger partial charge < -0.3 is 14.5 Å². The molecular formula is C30H33Cl2N3O3S. The van der Waals surface area contributed by atoms with Gasteiger partial charge in [-0.1, -0.05) is 61.3 Å². The summed E-state index contributed by atoms with van der Waals surface area (Å²) in [5.41, 5.74) is 2.41. The molecule has 6 nitrogen and oxygen atoms in total. The number of benzene rings is 2. The number of nitrogens with zero attached hydrogens (tertiary/aromatic N) is 3. The number of halogens is 2. The van der Waals surface area contributed by atoms with Crippen molar-refractivity contribution in [3.8, 4) is 0 Å². The predicted octanol–water partition coefficient (Wildman–Crippen LogP) is 7.39. The second kappa shape index (κ2) is 10.8. The summed E-state index contributed by atoms with van der Waals surface area (Å²) >= 11 is 13.8. The van der Waals surface area contributed by atoms with Crippen LogP contribution < -0.4 is 0 Å². The third kappa shape index (κ3) is 5.59. The molecule has 0 radical (unpaired) electrons. The number of carbonyl (C=O) groups is 2. The van der Waals surface area contributed by atoms with Crippen molar-refractivity contribution in [1.29, 1.82) is 0 Å². The van der Waals surface area contributed by atoms with Crippen molar-refractivity contribution < 1.29 is 14.3 Å². The Morgan fingerprint density at radius 3 is 2.15 bits per heavy atom. The number of hydrogen-bond donors (Lipinski definition) is 0. The van der Waals surface area contributed by atoms with E-state index >= 15 is 0 Å². The molecule has 0 spiro atoms. The number of rotatable bonds is 5. The lowest BCUT2D eigenvalue weighted by Crippen LogP contribution is -2.44. The van der Waals surface area contributed by atoms with Crippen LogP contribution in [0.1, 0.15) is 70.7 Å². The van der Waals surface area contributed by atoms with E-state index in [1.807, 2.05) is 69.3 Å². The normalized spacial score (nSPS) is 23.0. The zero-order valence-electron chi connectivity index (χ0n) is 22.8. The van der Waals surface area contributed by atoms with Crippen LogP contribution in [0, 0.1) is 5.92 Å². The van der Waals surface area contributed by atoms with E-state index in [4.69, 9.17) is 32.9 Å². The van der Waals surface area contributed by atoms with Crippen molar-refractivity contribution in [2.75, 3.05) is 6.54 Å². The monoisotopic (exact) mass is 585 g/mol. The number of aliphatic imine (C=N–C) groups is 1. The Kier molecular flexibility index (Phi) is 7.79. The number of thioether (sulfide) groups is 1. The van der Waals surface area contributed by atoms with Gasteiger partial charge >= 0.3 is 5.97 Å². The summed E-state index contributed by atoms with van der Waals surface area (Å²) in [5.74, 6) is -0.430. The Morgan fingerprint density at radius 2 is 1.59 bits per heavy atom. The third-order valence-corrected chi connectivity index (χ3v) is 8.65. The van der Waals surface area contributed by atoms with Crippen LogP contribution in [0.2, 0.25) is 10.0 Å². The minimum atomic E-state index is -0.612. The summed E-state index contributed by atoms with van der Waals surface area (Å²) in [7, 11) is 0. The first-order valence-electron chi connectivity index (χ1n) is 13.3. The quantitative estimate of drug-likeness (QED) is 0.342. The van der Waals surface area contributed by atoms with E-state index in [-0.39, 0.29) is 29.9 Å². The van der Waals surface area contributed by atoms with Crippen LogP contribution in [-0.4, -0.2) is 45.0 Å². The first-order valence-corrected chi connectivity index (χ1v) is 14.9. The fourth-order valence-corrected chi connectivity index (χ4v) is 7.00. The van der Waals surface area contributed by atoms with Gasteiger partial charge in [0.2, 0.25) is 0 Å². The maximum Gasteiger partial charge on any atom is 0.329 e. The Hall–Kier alpha value is -2.48. The molecule has 2 aromatic carbocycles. The molecule has 1 amide bonds. The molecule has 3 aliphatic rings. The van der Waals surface area contributed by atoms with Gasteiger partial charge in [0.05, 0.1) is 6.04 Å². The van der Waals surface area contributed by atoms with Crippen LogP contribution in [0.3, 0.4) is 0 Å². The molecule has 3 heterocycles. The molecule has 0 N–H and O–H groups in total. The predicted molar refractivity (Wildman–Crippen MR) is 158 cm³/mol. The van der Waals surface area contributed by atoms with Gasteiger partial charge in [-0.2, -0.15) is 0 Å². The fraction of sp³-hybridized carbons (Fsp3) is 0.433. The number of amidine groups is 1.